The second-order valence-electron chi connectivity index (χ2n) is 5.96. The number of allylic oxidation sites excluding steroid dienone is 1. The highest BCUT2D eigenvalue weighted by atomic mass is 16.5. The zero-order valence-electron chi connectivity index (χ0n) is 15.8. The SMILES string of the molecule is C=CCc1cc(C=C(C#N)C(=O)Nc2cccc(C(=O)O)c2)cc(OCC)c1O. The number of carboxylic acids is 1. The normalized spacial score (nSPS) is 10.7. The van der Waals surface area contributed by atoms with Crippen molar-refractivity contribution in [3.63, 3.8) is 0 Å². The lowest BCUT2D eigenvalue weighted by molar-refractivity contribution is -0.112. The van der Waals surface area contributed by atoms with Gasteiger partial charge in [0, 0.05) is 11.3 Å². The summed E-state index contributed by atoms with van der Waals surface area (Å²) in [5.74, 6) is -1.59. The van der Waals surface area contributed by atoms with Crippen LogP contribution in [0.4, 0.5) is 5.69 Å². The molecule has 0 fully saturated rings. The first-order valence-electron chi connectivity index (χ1n) is 8.75. The first-order chi connectivity index (χ1) is 13.9. The lowest BCUT2D eigenvalue weighted by Gasteiger charge is -2.11. The van der Waals surface area contributed by atoms with Gasteiger partial charge in [-0.25, -0.2) is 4.79 Å². The number of carbonyl (C=O) groups excluding carboxylic acids is 1. The molecule has 2 aromatic rings. The van der Waals surface area contributed by atoms with Crippen LogP contribution in [0.2, 0.25) is 0 Å². The summed E-state index contributed by atoms with van der Waals surface area (Å²) in [4.78, 5) is 23.5. The van der Waals surface area contributed by atoms with Crippen LogP contribution in [0.25, 0.3) is 6.08 Å². The Balaban J connectivity index is 2.36. The Morgan fingerprint density at radius 3 is 2.69 bits per heavy atom. The summed E-state index contributed by atoms with van der Waals surface area (Å²) >= 11 is 0. The van der Waals surface area contributed by atoms with E-state index < -0.39 is 11.9 Å². The highest BCUT2D eigenvalue weighted by molar-refractivity contribution is 6.10. The molecule has 0 aromatic heterocycles. The predicted octanol–water partition coefficient (Wildman–Crippen LogP) is 3.76. The van der Waals surface area contributed by atoms with Crippen molar-refractivity contribution in [1.29, 1.82) is 5.26 Å². The van der Waals surface area contributed by atoms with E-state index in [4.69, 9.17) is 9.84 Å². The molecule has 2 rings (SSSR count). The van der Waals surface area contributed by atoms with Gasteiger partial charge < -0.3 is 20.3 Å². The number of anilines is 1. The number of nitriles is 1. The number of nitrogens with zero attached hydrogens (tertiary/aromatic N) is 1. The molecule has 0 unspecified atom stereocenters. The summed E-state index contributed by atoms with van der Waals surface area (Å²) in [5, 5.41) is 31.2. The minimum absolute atomic E-state index is 0.0132. The van der Waals surface area contributed by atoms with Crippen molar-refractivity contribution in [2.45, 2.75) is 13.3 Å². The molecule has 2 aromatic carbocycles. The molecule has 0 aliphatic carbocycles. The van der Waals surface area contributed by atoms with Crippen molar-refractivity contribution in [2.75, 3.05) is 11.9 Å². The fourth-order valence-electron chi connectivity index (χ4n) is 2.59. The van der Waals surface area contributed by atoms with Crippen molar-refractivity contribution < 1.29 is 24.5 Å². The number of aromatic carboxylic acids is 1. The standard InChI is InChI=1S/C22H20N2O5/c1-3-6-15-9-14(11-19(20(15)25)29-4-2)10-17(13-23)21(26)24-18-8-5-7-16(12-18)22(27)28/h3,5,7-12,25H,1,4,6H2,2H3,(H,24,26)(H,27,28). The largest absolute Gasteiger partial charge is 0.504 e. The number of carboxylic acid groups (broad SMARTS) is 1. The third kappa shape index (κ3) is 5.47. The van der Waals surface area contributed by atoms with Crippen LogP contribution in [0.3, 0.4) is 0 Å². The number of amides is 1. The maximum absolute atomic E-state index is 12.5. The molecule has 0 aliphatic heterocycles. The van der Waals surface area contributed by atoms with Crippen molar-refractivity contribution in [2.24, 2.45) is 0 Å². The molecule has 0 spiro atoms. The molecule has 7 nitrogen and oxygen atoms in total. The third-order valence-corrected chi connectivity index (χ3v) is 3.88. The van der Waals surface area contributed by atoms with Crippen molar-refractivity contribution in [3.8, 4) is 17.6 Å². The van der Waals surface area contributed by atoms with Gasteiger partial charge in [0.05, 0.1) is 12.2 Å². The van der Waals surface area contributed by atoms with Gasteiger partial charge in [-0.2, -0.15) is 5.26 Å². The summed E-state index contributed by atoms with van der Waals surface area (Å²) in [6.45, 7) is 5.75. The summed E-state index contributed by atoms with van der Waals surface area (Å²) < 4.78 is 5.42. The van der Waals surface area contributed by atoms with Gasteiger partial charge in [0.2, 0.25) is 0 Å². The predicted molar refractivity (Wildman–Crippen MR) is 109 cm³/mol. The minimum Gasteiger partial charge on any atom is -0.504 e. The van der Waals surface area contributed by atoms with Crippen LogP contribution < -0.4 is 10.1 Å². The zero-order valence-corrected chi connectivity index (χ0v) is 15.8. The van der Waals surface area contributed by atoms with Gasteiger partial charge in [0.1, 0.15) is 11.6 Å². The van der Waals surface area contributed by atoms with Crippen molar-refractivity contribution in [3.05, 3.63) is 71.3 Å². The third-order valence-electron chi connectivity index (χ3n) is 3.88. The van der Waals surface area contributed by atoms with E-state index in [-0.39, 0.29) is 28.3 Å². The lowest BCUT2D eigenvalue weighted by Crippen LogP contribution is -2.14. The second kappa shape index (κ2) is 9.76. The first kappa shape index (κ1) is 21.3. The molecule has 0 saturated carbocycles. The quantitative estimate of drug-likeness (QED) is 0.357. The van der Waals surface area contributed by atoms with Gasteiger partial charge >= 0.3 is 5.97 Å². The Labute approximate surface area is 168 Å². The molecule has 1 amide bonds. The van der Waals surface area contributed by atoms with E-state index in [1.165, 1.54) is 36.4 Å². The molecule has 29 heavy (non-hydrogen) atoms. The number of nitrogens with one attached hydrogen (secondary N) is 1. The number of phenolic OH excluding ortho intramolecular Hbond substituents is 1. The van der Waals surface area contributed by atoms with Crippen LogP contribution in [0.15, 0.2) is 54.6 Å². The van der Waals surface area contributed by atoms with E-state index in [0.29, 0.717) is 24.2 Å². The molecule has 148 valence electrons. The smallest absolute Gasteiger partial charge is 0.335 e. The van der Waals surface area contributed by atoms with Crippen LogP contribution in [0.1, 0.15) is 28.4 Å². The van der Waals surface area contributed by atoms with Crippen LogP contribution in [-0.4, -0.2) is 28.7 Å². The number of carbonyl (C=O) groups is 2. The minimum atomic E-state index is -1.13. The highest BCUT2D eigenvalue weighted by Crippen LogP contribution is 2.33. The molecular formula is C22H20N2O5. The molecule has 7 heteroatoms. The second-order valence-corrected chi connectivity index (χ2v) is 5.96. The molecular weight excluding hydrogens is 372 g/mol. The summed E-state index contributed by atoms with van der Waals surface area (Å²) in [6, 6.07) is 10.7. The molecule has 0 bridgehead atoms. The maximum atomic E-state index is 12.5. The van der Waals surface area contributed by atoms with E-state index in [2.05, 4.69) is 11.9 Å². The van der Waals surface area contributed by atoms with Crippen LogP contribution in [0.5, 0.6) is 11.5 Å². The number of benzene rings is 2. The van der Waals surface area contributed by atoms with E-state index >= 15 is 0 Å². The number of ether oxygens (including phenoxy) is 1. The van der Waals surface area contributed by atoms with Crippen molar-refractivity contribution in [1.82, 2.24) is 0 Å². The Bertz CT molecular complexity index is 1020. The van der Waals surface area contributed by atoms with Gasteiger partial charge in [-0.1, -0.05) is 12.1 Å². The molecule has 0 heterocycles. The van der Waals surface area contributed by atoms with E-state index in [1.54, 1.807) is 19.1 Å². The number of aromatic hydroxyl groups is 1. The number of hydrogen-bond acceptors (Lipinski definition) is 5. The van der Waals surface area contributed by atoms with E-state index in [0.717, 1.165) is 0 Å². The number of rotatable bonds is 8. The van der Waals surface area contributed by atoms with Crippen LogP contribution in [-0.2, 0) is 11.2 Å². The van der Waals surface area contributed by atoms with Crippen LogP contribution >= 0.6 is 0 Å². The van der Waals surface area contributed by atoms with Gasteiger partial charge in [-0.05, 0) is 55.3 Å². The number of phenols is 1. The Morgan fingerprint density at radius 2 is 2.07 bits per heavy atom. The average Bonchev–Trinajstić information content (AvgIpc) is 2.69. The van der Waals surface area contributed by atoms with Crippen LogP contribution in [0, 0.1) is 11.3 Å². The van der Waals surface area contributed by atoms with Gasteiger partial charge in [0.15, 0.2) is 11.5 Å². The monoisotopic (exact) mass is 392 g/mol. The Kier molecular flexibility index (Phi) is 7.15. The highest BCUT2D eigenvalue weighted by Gasteiger charge is 2.14. The number of hydrogen-bond donors (Lipinski definition) is 3. The van der Waals surface area contributed by atoms with Gasteiger partial charge in [-0.3, -0.25) is 4.79 Å². The summed E-state index contributed by atoms with van der Waals surface area (Å²) in [5.41, 5.74) is 1.12. The average molecular weight is 392 g/mol. The summed E-state index contributed by atoms with van der Waals surface area (Å²) in [6.07, 6.45) is 3.36. The zero-order chi connectivity index (χ0) is 21.4. The maximum Gasteiger partial charge on any atom is 0.335 e. The Hall–Kier alpha value is -4.05. The lowest BCUT2D eigenvalue weighted by atomic mass is 10.0. The van der Waals surface area contributed by atoms with Gasteiger partial charge in [0.25, 0.3) is 5.91 Å². The topological polar surface area (TPSA) is 120 Å². The molecule has 3 N–H and O–H groups in total. The van der Waals surface area contributed by atoms with E-state index in [1.807, 2.05) is 6.07 Å². The molecule has 0 saturated heterocycles. The van der Waals surface area contributed by atoms with E-state index in [9.17, 15) is 20.0 Å². The molecule has 0 radical (unpaired) electrons. The fraction of sp³-hybridized carbons (Fsp3) is 0.136. The Morgan fingerprint density at radius 1 is 1.31 bits per heavy atom. The van der Waals surface area contributed by atoms with Crippen molar-refractivity contribution >= 4 is 23.6 Å². The fourth-order valence-corrected chi connectivity index (χ4v) is 2.59. The molecule has 0 aliphatic rings. The molecule has 0 atom stereocenters. The summed E-state index contributed by atoms with van der Waals surface area (Å²) in [7, 11) is 0. The van der Waals surface area contributed by atoms with Gasteiger partial charge in [-0.15, -0.1) is 6.58 Å². The first-order valence-corrected chi connectivity index (χ1v) is 8.75.